The lowest BCUT2D eigenvalue weighted by molar-refractivity contribution is 0.0693. The summed E-state index contributed by atoms with van der Waals surface area (Å²) in [5.41, 5.74) is 2.69. The van der Waals surface area contributed by atoms with Gasteiger partial charge in [0, 0.05) is 19.5 Å². The van der Waals surface area contributed by atoms with Crippen LogP contribution in [0.2, 0.25) is 5.02 Å². The summed E-state index contributed by atoms with van der Waals surface area (Å²) in [5.74, 6) is 0.117. The van der Waals surface area contributed by atoms with Crippen LogP contribution in [0.25, 0.3) is 0 Å². The van der Waals surface area contributed by atoms with Crippen LogP contribution >= 0.6 is 11.6 Å². The number of hydrogen-bond donors (Lipinski definition) is 1. The summed E-state index contributed by atoms with van der Waals surface area (Å²) >= 11 is 6.19. The number of aliphatic hydroxyl groups excluding tert-OH is 1. The first-order valence-corrected chi connectivity index (χ1v) is 7.48. The zero-order valence-electron chi connectivity index (χ0n) is 12.3. The molecule has 0 spiro atoms. The van der Waals surface area contributed by atoms with Crippen LogP contribution in [0.5, 0.6) is 0 Å². The van der Waals surface area contributed by atoms with Gasteiger partial charge in [-0.25, -0.2) is 0 Å². The standard InChI is InChI=1S/C16H22ClNO2/c1-10-7-13(14(17)8-11(10)2)16(20)18(3)9-12-5-4-6-15(12)19/h7-8,12,15,19H,4-6,9H2,1-3H3. The molecular weight excluding hydrogens is 274 g/mol. The van der Waals surface area contributed by atoms with Gasteiger partial charge in [-0.05, 0) is 49.9 Å². The molecule has 0 saturated heterocycles. The fourth-order valence-corrected chi connectivity index (χ4v) is 3.11. The Morgan fingerprint density at radius 3 is 2.60 bits per heavy atom. The number of aliphatic hydroxyl groups is 1. The van der Waals surface area contributed by atoms with Gasteiger partial charge < -0.3 is 10.0 Å². The van der Waals surface area contributed by atoms with Crippen molar-refractivity contribution in [3.63, 3.8) is 0 Å². The molecule has 3 nitrogen and oxygen atoms in total. The summed E-state index contributed by atoms with van der Waals surface area (Å²) in [6, 6.07) is 3.68. The molecular formula is C16H22ClNO2. The minimum Gasteiger partial charge on any atom is -0.393 e. The minimum atomic E-state index is -0.277. The van der Waals surface area contributed by atoms with Crippen LogP contribution < -0.4 is 0 Å². The van der Waals surface area contributed by atoms with Crippen LogP contribution in [0.3, 0.4) is 0 Å². The summed E-state index contributed by atoms with van der Waals surface area (Å²) in [6.07, 6.45) is 2.59. The second-order valence-electron chi connectivity index (χ2n) is 5.86. The molecule has 1 aliphatic rings. The summed E-state index contributed by atoms with van der Waals surface area (Å²) in [7, 11) is 1.78. The van der Waals surface area contributed by atoms with E-state index >= 15 is 0 Å². The highest BCUT2D eigenvalue weighted by Gasteiger charge is 2.28. The fourth-order valence-electron chi connectivity index (χ4n) is 2.82. The number of hydrogen-bond acceptors (Lipinski definition) is 2. The molecule has 4 heteroatoms. The third-order valence-electron chi connectivity index (χ3n) is 4.29. The minimum absolute atomic E-state index is 0.0720. The second-order valence-corrected chi connectivity index (χ2v) is 6.27. The van der Waals surface area contributed by atoms with Crippen molar-refractivity contribution in [2.45, 2.75) is 39.2 Å². The maximum atomic E-state index is 12.5. The Bertz CT molecular complexity index is 515. The van der Waals surface area contributed by atoms with Crippen LogP contribution in [0.1, 0.15) is 40.7 Å². The van der Waals surface area contributed by atoms with Gasteiger partial charge in [-0.1, -0.05) is 18.0 Å². The molecule has 2 atom stereocenters. The van der Waals surface area contributed by atoms with Crippen LogP contribution in [-0.4, -0.2) is 35.6 Å². The number of benzene rings is 1. The highest BCUT2D eigenvalue weighted by atomic mass is 35.5. The van der Waals surface area contributed by atoms with Gasteiger partial charge in [-0.15, -0.1) is 0 Å². The molecule has 110 valence electrons. The Balaban J connectivity index is 2.12. The third kappa shape index (κ3) is 3.15. The van der Waals surface area contributed by atoms with Crippen LogP contribution in [0.15, 0.2) is 12.1 Å². The van der Waals surface area contributed by atoms with Crippen LogP contribution in [0, 0.1) is 19.8 Å². The van der Waals surface area contributed by atoms with E-state index in [4.69, 9.17) is 11.6 Å². The van der Waals surface area contributed by atoms with E-state index in [1.807, 2.05) is 26.0 Å². The molecule has 1 aliphatic carbocycles. The van der Waals surface area contributed by atoms with Gasteiger partial charge in [0.15, 0.2) is 0 Å². The van der Waals surface area contributed by atoms with Gasteiger partial charge in [0.05, 0.1) is 16.7 Å². The van der Waals surface area contributed by atoms with Gasteiger partial charge in [0.25, 0.3) is 5.91 Å². The Labute approximate surface area is 125 Å². The van der Waals surface area contributed by atoms with Crippen molar-refractivity contribution in [3.8, 4) is 0 Å². The van der Waals surface area contributed by atoms with Crippen LogP contribution in [-0.2, 0) is 0 Å². The smallest absolute Gasteiger partial charge is 0.255 e. The number of carbonyl (C=O) groups excluding carboxylic acids is 1. The van der Waals surface area contributed by atoms with E-state index < -0.39 is 0 Å². The van der Waals surface area contributed by atoms with E-state index in [9.17, 15) is 9.90 Å². The maximum Gasteiger partial charge on any atom is 0.255 e. The predicted molar refractivity (Wildman–Crippen MR) is 81.2 cm³/mol. The third-order valence-corrected chi connectivity index (χ3v) is 4.60. The predicted octanol–water partition coefficient (Wildman–Crippen LogP) is 3.19. The first kappa shape index (κ1) is 15.3. The van der Waals surface area contributed by atoms with Crippen molar-refractivity contribution in [3.05, 3.63) is 33.8 Å². The van der Waals surface area contributed by atoms with E-state index in [1.54, 1.807) is 11.9 Å². The molecule has 0 aromatic heterocycles. The van der Waals surface area contributed by atoms with Gasteiger partial charge in [0.2, 0.25) is 0 Å². The molecule has 0 radical (unpaired) electrons. The van der Waals surface area contributed by atoms with E-state index in [0.717, 1.165) is 30.4 Å². The van der Waals surface area contributed by atoms with Crippen molar-refractivity contribution in [2.24, 2.45) is 5.92 Å². The highest BCUT2D eigenvalue weighted by Crippen LogP contribution is 2.27. The molecule has 1 N–H and O–H groups in total. The number of carbonyl (C=O) groups is 1. The molecule has 1 fully saturated rings. The highest BCUT2D eigenvalue weighted by molar-refractivity contribution is 6.33. The molecule has 1 aromatic carbocycles. The number of rotatable bonds is 3. The van der Waals surface area contributed by atoms with E-state index in [2.05, 4.69) is 0 Å². The summed E-state index contributed by atoms with van der Waals surface area (Å²) in [6.45, 7) is 4.54. The summed E-state index contributed by atoms with van der Waals surface area (Å²) in [4.78, 5) is 14.2. The number of amides is 1. The number of nitrogens with zero attached hydrogens (tertiary/aromatic N) is 1. The molecule has 2 rings (SSSR count). The average Bonchev–Trinajstić information content (AvgIpc) is 2.78. The van der Waals surface area contributed by atoms with Crippen molar-refractivity contribution in [1.29, 1.82) is 0 Å². The topological polar surface area (TPSA) is 40.5 Å². The molecule has 0 bridgehead atoms. The molecule has 2 unspecified atom stereocenters. The number of halogens is 1. The van der Waals surface area contributed by atoms with Gasteiger partial charge in [-0.2, -0.15) is 0 Å². The molecule has 20 heavy (non-hydrogen) atoms. The number of aryl methyl sites for hydroxylation is 2. The van der Waals surface area contributed by atoms with Gasteiger partial charge in [-0.3, -0.25) is 4.79 Å². The Kier molecular flexibility index (Phi) is 4.71. The maximum absolute atomic E-state index is 12.5. The van der Waals surface area contributed by atoms with Crippen LogP contribution in [0.4, 0.5) is 0 Å². The zero-order valence-corrected chi connectivity index (χ0v) is 13.1. The van der Waals surface area contributed by atoms with E-state index in [0.29, 0.717) is 17.1 Å². The molecule has 1 aromatic rings. The molecule has 1 saturated carbocycles. The summed E-state index contributed by atoms with van der Waals surface area (Å²) < 4.78 is 0. The zero-order chi connectivity index (χ0) is 14.9. The first-order valence-electron chi connectivity index (χ1n) is 7.10. The van der Waals surface area contributed by atoms with E-state index in [-0.39, 0.29) is 17.9 Å². The lowest BCUT2D eigenvalue weighted by atomic mass is 10.0. The lowest BCUT2D eigenvalue weighted by Crippen LogP contribution is -2.34. The quantitative estimate of drug-likeness (QED) is 0.930. The van der Waals surface area contributed by atoms with Gasteiger partial charge >= 0.3 is 0 Å². The normalized spacial score (nSPS) is 22.1. The average molecular weight is 296 g/mol. The molecule has 0 heterocycles. The Morgan fingerprint density at radius 2 is 2.00 bits per heavy atom. The Hall–Kier alpha value is -1.06. The van der Waals surface area contributed by atoms with Gasteiger partial charge in [0.1, 0.15) is 0 Å². The largest absolute Gasteiger partial charge is 0.393 e. The first-order chi connectivity index (χ1) is 9.40. The van der Waals surface area contributed by atoms with E-state index in [1.165, 1.54) is 0 Å². The SMILES string of the molecule is Cc1cc(Cl)c(C(=O)N(C)CC2CCCC2O)cc1C. The fraction of sp³-hybridized carbons (Fsp3) is 0.562. The van der Waals surface area contributed by atoms with Crippen molar-refractivity contribution in [2.75, 3.05) is 13.6 Å². The molecule has 0 aliphatic heterocycles. The summed E-state index contributed by atoms with van der Waals surface area (Å²) in [5, 5.41) is 10.4. The Morgan fingerprint density at radius 1 is 1.35 bits per heavy atom. The van der Waals surface area contributed by atoms with Crippen molar-refractivity contribution in [1.82, 2.24) is 4.90 Å². The second kappa shape index (κ2) is 6.15. The van der Waals surface area contributed by atoms with Crippen molar-refractivity contribution >= 4 is 17.5 Å². The molecule has 1 amide bonds. The lowest BCUT2D eigenvalue weighted by Gasteiger charge is -2.24. The van der Waals surface area contributed by atoms with Crippen molar-refractivity contribution < 1.29 is 9.90 Å². The monoisotopic (exact) mass is 295 g/mol.